The van der Waals surface area contributed by atoms with Crippen molar-refractivity contribution in [1.82, 2.24) is 4.90 Å². The number of β-amino-alcohol motifs (C(OH)–C–C–N with tert-alkyl or cyclic N) is 1. The van der Waals surface area contributed by atoms with E-state index in [2.05, 4.69) is 38.5 Å². The van der Waals surface area contributed by atoms with E-state index in [1.54, 1.807) is 0 Å². The monoisotopic (exact) mass is 281 g/mol. The first kappa shape index (κ1) is 17.5. The molecule has 1 heterocycles. The minimum absolute atomic E-state index is 0.115. The second-order valence-electron chi connectivity index (χ2n) is 7.71. The third-order valence-electron chi connectivity index (χ3n) is 4.42. The molecule has 0 spiro atoms. The second kappa shape index (κ2) is 6.05. The average molecular weight is 281 g/mol. The van der Waals surface area contributed by atoms with E-state index in [0.717, 1.165) is 0 Å². The Hall–Kier alpha value is -0.560. The summed E-state index contributed by atoms with van der Waals surface area (Å²) in [5.74, 6) is 2.59. The topological polar surface area (TPSA) is 32.7 Å². The second-order valence-corrected chi connectivity index (χ2v) is 7.71. The predicted molar refractivity (Wildman–Crippen MR) is 83.6 cm³/mol. The molecule has 3 nitrogen and oxygen atoms in total. The Morgan fingerprint density at radius 2 is 1.75 bits per heavy atom. The summed E-state index contributed by atoms with van der Waals surface area (Å²) in [7, 11) is 0. The number of aliphatic hydroxyl groups excluding tert-OH is 1. The van der Waals surface area contributed by atoms with Gasteiger partial charge in [-0.15, -0.1) is 6.42 Å². The first-order valence-corrected chi connectivity index (χ1v) is 7.58. The summed E-state index contributed by atoms with van der Waals surface area (Å²) in [6.07, 6.45) is 8.46. The highest BCUT2D eigenvalue weighted by Crippen LogP contribution is 2.38. The van der Waals surface area contributed by atoms with Gasteiger partial charge >= 0.3 is 0 Å². The van der Waals surface area contributed by atoms with Crippen LogP contribution in [0.2, 0.25) is 0 Å². The standard InChI is InChI=1S/C17H31NO2/c1-8-17(6,7)20-13-14(19)12-18-15(2,3)10-9-11-16(18,4)5/h1,14,19H,9-13H2,2-7H3. The van der Waals surface area contributed by atoms with Crippen LogP contribution >= 0.6 is 0 Å². The molecule has 1 aliphatic rings. The molecular weight excluding hydrogens is 250 g/mol. The number of piperidine rings is 1. The van der Waals surface area contributed by atoms with Gasteiger partial charge in [0, 0.05) is 17.6 Å². The van der Waals surface area contributed by atoms with Crippen molar-refractivity contribution < 1.29 is 9.84 Å². The van der Waals surface area contributed by atoms with Gasteiger partial charge in [0.1, 0.15) is 5.60 Å². The van der Waals surface area contributed by atoms with Crippen LogP contribution in [-0.4, -0.2) is 45.9 Å². The zero-order chi connectivity index (χ0) is 15.6. The van der Waals surface area contributed by atoms with Gasteiger partial charge < -0.3 is 9.84 Å². The lowest BCUT2D eigenvalue weighted by Gasteiger charge is -2.53. The van der Waals surface area contributed by atoms with Crippen molar-refractivity contribution in [3.63, 3.8) is 0 Å². The fraction of sp³-hybridized carbons (Fsp3) is 0.882. The quantitative estimate of drug-likeness (QED) is 0.787. The van der Waals surface area contributed by atoms with Gasteiger partial charge in [0.25, 0.3) is 0 Å². The molecule has 0 bridgehead atoms. The summed E-state index contributed by atoms with van der Waals surface area (Å²) in [5.41, 5.74) is -0.386. The third-order valence-corrected chi connectivity index (χ3v) is 4.42. The van der Waals surface area contributed by atoms with Crippen LogP contribution in [0.15, 0.2) is 0 Å². The van der Waals surface area contributed by atoms with Gasteiger partial charge in [-0.1, -0.05) is 5.92 Å². The summed E-state index contributed by atoms with van der Waals surface area (Å²) in [5, 5.41) is 10.3. The van der Waals surface area contributed by atoms with Crippen molar-refractivity contribution in [3.8, 4) is 12.3 Å². The van der Waals surface area contributed by atoms with E-state index in [4.69, 9.17) is 11.2 Å². The molecule has 1 atom stereocenters. The molecule has 1 saturated heterocycles. The molecule has 1 unspecified atom stereocenters. The van der Waals surface area contributed by atoms with Gasteiger partial charge in [0.05, 0.1) is 12.7 Å². The molecule has 3 heteroatoms. The maximum Gasteiger partial charge on any atom is 0.122 e. The van der Waals surface area contributed by atoms with Gasteiger partial charge in [-0.05, 0) is 60.8 Å². The van der Waals surface area contributed by atoms with Crippen LogP contribution in [0, 0.1) is 12.3 Å². The molecule has 0 aromatic heterocycles. The maximum absolute atomic E-state index is 10.3. The van der Waals surface area contributed by atoms with E-state index in [1.807, 2.05) is 13.8 Å². The zero-order valence-corrected chi connectivity index (χ0v) is 14.0. The predicted octanol–water partition coefficient (Wildman–Crippen LogP) is 2.82. The minimum atomic E-state index is -0.617. The van der Waals surface area contributed by atoms with Crippen molar-refractivity contribution in [3.05, 3.63) is 0 Å². The van der Waals surface area contributed by atoms with E-state index in [9.17, 15) is 5.11 Å². The van der Waals surface area contributed by atoms with Crippen molar-refractivity contribution >= 4 is 0 Å². The number of rotatable bonds is 5. The fourth-order valence-corrected chi connectivity index (χ4v) is 3.15. The summed E-state index contributed by atoms with van der Waals surface area (Å²) >= 11 is 0. The molecule has 0 saturated carbocycles. The van der Waals surface area contributed by atoms with Crippen LogP contribution in [0.25, 0.3) is 0 Å². The van der Waals surface area contributed by atoms with Crippen LogP contribution in [0.1, 0.15) is 60.8 Å². The Labute approximate surface area is 124 Å². The van der Waals surface area contributed by atoms with E-state index in [0.29, 0.717) is 6.54 Å². The summed E-state index contributed by atoms with van der Waals surface area (Å²) in [6, 6.07) is 0. The smallest absolute Gasteiger partial charge is 0.122 e. The molecule has 0 radical (unpaired) electrons. The number of nitrogens with zero attached hydrogens (tertiary/aromatic N) is 1. The van der Waals surface area contributed by atoms with Crippen LogP contribution < -0.4 is 0 Å². The fourth-order valence-electron chi connectivity index (χ4n) is 3.15. The van der Waals surface area contributed by atoms with E-state index in [-0.39, 0.29) is 17.7 Å². The molecule has 116 valence electrons. The van der Waals surface area contributed by atoms with Gasteiger partial charge in [-0.25, -0.2) is 0 Å². The van der Waals surface area contributed by atoms with Gasteiger partial charge in [-0.2, -0.15) is 0 Å². The van der Waals surface area contributed by atoms with Crippen molar-refractivity contribution in [2.45, 2.75) is 83.6 Å². The molecule has 1 fully saturated rings. The summed E-state index contributed by atoms with van der Waals surface area (Å²) in [4.78, 5) is 2.42. The van der Waals surface area contributed by atoms with Gasteiger partial charge in [-0.3, -0.25) is 4.90 Å². The Kier molecular flexibility index (Phi) is 5.29. The molecule has 1 N–H and O–H groups in total. The lowest BCUT2D eigenvalue weighted by molar-refractivity contribution is -0.0843. The summed E-state index contributed by atoms with van der Waals surface area (Å²) in [6.45, 7) is 13.6. The highest BCUT2D eigenvalue weighted by molar-refractivity contribution is 5.03. The number of aliphatic hydroxyl groups is 1. The number of ether oxygens (including phenoxy) is 1. The Morgan fingerprint density at radius 1 is 1.25 bits per heavy atom. The van der Waals surface area contributed by atoms with E-state index < -0.39 is 11.7 Å². The van der Waals surface area contributed by atoms with E-state index in [1.165, 1.54) is 19.3 Å². The molecule has 1 rings (SSSR count). The highest BCUT2D eigenvalue weighted by Gasteiger charge is 2.41. The Balaban J connectivity index is 2.63. The number of terminal acetylenes is 1. The molecule has 20 heavy (non-hydrogen) atoms. The Bertz CT molecular complexity index is 350. The SMILES string of the molecule is C#CC(C)(C)OCC(O)CN1C(C)(C)CCCC1(C)C. The first-order chi connectivity index (χ1) is 9.00. The van der Waals surface area contributed by atoms with Crippen molar-refractivity contribution in [1.29, 1.82) is 0 Å². The lowest BCUT2D eigenvalue weighted by Crippen LogP contribution is -2.60. The normalized spacial score (nSPS) is 24.1. The molecule has 0 aromatic rings. The van der Waals surface area contributed by atoms with Gasteiger partial charge in [0.15, 0.2) is 0 Å². The molecular formula is C17H31NO2. The lowest BCUT2D eigenvalue weighted by atomic mass is 9.79. The maximum atomic E-state index is 10.3. The van der Waals surface area contributed by atoms with Crippen LogP contribution in [0.4, 0.5) is 0 Å². The molecule has 0 amide bonds. The minimum Gasteiger partial charge on any atom is -0.389 e. The number of likely N-dealkylation sites (tertiary alicyclic amines) is 1. The van der Waals surface area contributed by atoms with Crippen LogP contribution in [0.3, 0.4) is 0 Å². The van der Waals surface area contributed by atoms with E-state index >= 15 is 0 Å². The van der Waals surface area contributed by atoms with Crippen LogP contribution in [0.5, 0.6) is 0 Å². The van der Waals surface area contributed by atoms with Crippen molar-refractivity contribution in [2.75, 3.05) is 13.2 Å². The summed E-state index contributed by atoms with van der Waals surface area (Å²) < 4.78 is 5.61. The number of hydrogen-bond acceptors (Lipinski definition) is 3. The van der Waals surface area contributed by atoms with Crippen molar-refractivity contribution in [2.24, 2.45) is 0 Å². The zero-order valence-electron chi connectivity index (χ0n) is 14.0. The molecule has 1 aliphatic heterocycles. The van der Waals surface area contributed by atoms with Crippen LogP contribution in [-0.2, 0) is 4.74 Å². The largest absolute Gasteiger partial charge is 0.389 e. The molecule has 0 aromatic carbocycles. The highest BCUT2D eigenvalue weighted by atomic mass is 16.5. The average Bonchev–Trinajstić information content (AvgIpc) is 2.31. The third kappa shape index (κ3) is 4.48. The molecule has 0 aliphatic carbocycles. The van der Waals surface area contributed by atoms with Gasteiger partial charge in [0.2, 0.25) is 0 Å². The Morgan fingerprint density at radius 3 is 2.20 bits per heavy atom. The first-order valence-electron chi connectivity index (χ1n) is 7.58. The number of hydrogen-bond donors (Lipinski definition) is 1.